The Kier molecular flexibility index (Phi) is 5.21. The minimum atomic E-state index is -1.01. The second-order valence-electron chi connectivity index (χ2n) is 8.59. The third kappa shape index (κ3) is 3.63. The number of carboxylic acids is 1. The molecule has 2 aromatic heterocycles. The number of rotatable bonds is 5. The lowest BCUT2D eigenvalue weighted by molar-refractivity contribution is 0.0698. The summed E-state index contributed by atoms with van der Waals surface area (Å²) in [7, 11) is 1.96. The Morgan fingerprint density at radius 3 is 2.56 bits per heavy atom. The van der Waals surface area contributed by atoms with Crippen LogP contribution >= 0.6 is 0 Å². The van der Waals surface area contributed by atoms with Crippen LogP contribution in [0.25, 0.3) is 33.2 Å². The van der Waals surface area contributed by atoms with Gasteiger partial charge in [-0.2, -0.15) is 0 Å². The van der Waals surface area contributed by atoms with Gasteiger partial charge in [0.1, 0.15) is 11.3 Å². The van der Waals surface area contributed by atoms with Gasteiger partial charge in [0.05, 0.1) is 17.0 Å². The van der Waals surface area contributed by atoms with Crippen molar-refractivity contribution in [2.24, 2.45) is 7.05 Å². The Morgan fingerprint density at radius 2 is 1.76 bits per heavy atom. The third-order valence-electron chi connectivity index (χ3n) is 6.16. The van der Waals surface area contributed by atoms with E-state index in [4.69, 9.17) is 4.42 Å². The molecule has 3 aromatic carbocycles. The Morgan fingerprint density at radius 1 is 1.03 bits per heavy atom. The number of fused-ring (bicyclic) bond motifs is 2. The average molecular weight is 453 g/mol. The van der Waals surface area contributed by atoms with E-state index in [0.717, 1.165) is 27.6 Å². The van der Waals surface area contributed by atoms with Crippen LogP contribution < -0.4 is 10.7 Å². The molecule has 1 unspecified atom stereocenters. The van der Waals surface area contributed by atoms with Gasteiger partial charge < -0.3 is 19.4 Å². The zero-order valence-corrected chi connectivity index (χ0v) is 19.1. The van der Waals surface area contributed by atoms with Crippen LogP contribution in [0.3, 0.4) is 0 Å². The van der Waals surface area contributed by atoms with Crippen LogP contribution in [0.1, 0.15) is 34.5 Å². The number of anilines is 1. The Labute approximate surface area is 196 Å². The lowest BCUT2D eigenvalue weighted by Gasteiger charge is -2.19. The molecule has 2 N–H and O–H groups in total. The SMILES string of the molecule is Cc1cc(C(C)Nc2ccccc2C(=O)O)c2oc(-c3cn(C)c4ccccc34)cc(=O)c2c1. The minimum absolute atomic E-state index is 0.118. The number of hydrogen-bond acceptors (Lipinski definition) is 4. The molecule has 34 heavy (non-hydrogen) atoms. The van der Waals surface area contributed by atoms with E-state index in [9.17, 15) is 14.7 Å². The first-order valence-corrected chi connectivity index (χ1v) is 11.0. The predicted molar refractivity (Wildman–Crippen MR) is 135 cm³/mol. The quantitative estimate of drug-likeness (QED) is 0.335. The van der Waals surface area contributed by atoms with Crippen LogP contribution in [0.5, 0.6) is 0 Å². The molecule has 0 spiro atoms. The van der Waals surface area contributed by atoms with Crippen molar-refractivity contribution in [3.8, 4) is 11.3 Å². The van der Waals surface area contributed by atoms with E-state index in [-0.39, 0.29) is 17.0 Å². The molecule has 0 aliphatic rings. The van der Waals surface area contributed by atoms with Crippen LogP contribution in [0.2, 0.25) is 0 Å². The summed E-state index contributed by atoms with van der Waals surface area (Å²) in [6, 6.07) is 19.8. The van der Waals surface area contributed by atoms with Crippen LogP contribution in [0.4, 0.5) is 5.69 Å². The zero-order valence-electron chi connectivity index (χ0n) is 19.1. The number of nitrogens with zero attached hydrogens (tertiary/aromatic N) is 1. The van der Waals surface area contributed by atoms with Gasteiger partial charge in [-0.15, -0.1) is 0 Å². The summed E-state index contributed by atoms with van der Waals surface area (Å²) in [5.41, 5.74) is 4.67. The van der Waals surface area contributed by atoms with Crippen molar-refractivity contribution >= 4 is 33.5 Å². The fourth-order valence-electron chi connectivity index (χ4n) is 4.53. The molecule has 6 heteroatoms. The molecule has 0 amide bonds. The van der Waals surface area contributed by atoms with E-state index in [1.165, 1.54) is 0 Å². The molecule has 0 radical (unpaired) electrons. The second-order valence-corrected chi connectivity index (χ2v) is 8.59. The van der Waals surface area contributed by atoms with Crippen LogP contribution in [-0.4, -0.2) is 15.6 Å². The first-order chi connectivity index (χ1) is 16.3. The maximum atomic E-state index is 13.2. The van der Waals surface area contributed by atoms with Gasteiger partial charge in [-0.25, -0.2) is 4.79 Å². The summed E-state index contributed by atoms with van der Waals surface area (Å²) in [5.74, 6) is -0.508. The van der Waals surface area contributed by atoms with Crippen LogP contribution in [0.15, 0.2) is 82.1 Å². The topological polar surface area (TPSA) is 84.5 Å². The van der Waals surface area contributed by atoms with E-state index in [1.807, 2.05) is 68.1 Å². The summed E-state index contributed by atoms with van der Waals surface area (Å²) in [4.78, 5) is 24.8. The first kappa shape index (κ1) is 21.5. The van der Waals surface area contributed by atoms with Gasteiger partial charge in [0, 0.05) is 47.0 Å². The summed E-state index contributed by atoms with van der Waals surface area (Å²) in [6.45, 7) is 3.86. The fraction of sp³-hybridized carbons (Fsp3) is 0.143. The molecule has 0 aliphatic heterocycles. The first-order valence-electron chi connectivity index (χ1n) is 11.0. The van der Waals surface area contributed by atoms with E-state index in [2.05, 4.69) is 5.32 Å². The molecular formula is C28H24N2O4. The van der Waals surface area contributed by atoms with Gasteiger partial charge in [0.15, 0.2) is 5.43 Å². The van der Waals surface area contributed by atoms with Crippen molar-refractivity contribution in [3.63, 3.8) is 0 Å². The summed E-state index contributed by atoms with van der Waals surface area (Å²) in [5, 5.41) is 14.3. The Hall–Kier alpha value is -4.32. The fourth-order valence-corrected chi connectivity index (χ4v) is 4.53. The van der Waals surface area contributed by atoms with Crippen LogP contribution in [0, 0.1) is 6.92 Å². The smallest absolute Gasteiger partial charge is 0.337 e. The highest BCUT2D eigenvalue weighted by molar-refractivity contribution is 5.96. The summed E-state index contributed by atoms with van der Waals surface area (Å²) in [6.07, 6.45) is 1.97. The number of para-hydroxylation sites is 2. The van der Waals surface area contributed by atoms with Gasteiger partial charge in [0.2, 0.25) is 0 Å². The average Bonchev–Trinajstić information content (AvgIpc) is 3.16. The molecule has 6 nitrogen and oxygen atoms in total. The molecule has 0 fully saturated rings. The summed E-state index contributed by atoms with van der Waals surface area (Å²) < 4.78 is 8.41. The van der Waals surface area contributed by atoms with Gasteiger partial charge in [0.25, 0.3) is 0 Å². The minimum Gasteiger partial charge on any atom is -0.478 e. The number of aryl methyl sites for hydroxylation is 2. The van der Waals surface area contributed by atoms with E-state index < -0.39 is 5.97 Å². The predicted octanol–water partition coefficient (Wildman–Crippen LogP) is 6.13. The molecule has 5 rings (SSSR count). The number of nitrogens with one attached hydrogen (secondary N) is 1. The van der Waals surface area contributed by atoms with Gasteiger partial charge in [-0.3, -0.25) is 4.79 Å². The monoisotopic (exact) mass is 452 g/mol. The number of carboxylic acid groups (broad SMARTS) is 1. The molecule has 0 saturated heterocycles. The standard InChI is InChI=1S/C28H24N2O4/c1-16-12-20(17(2)29-23-10-6-4-9-19(23)28(32)33)27-21(13-16)25(31)14-26(34-27)22-15-30(3)24-11-7-5-8-18(22)24/h4-15,17,29H,1-3H3,(H,32,33). The van der Waals surface area contributed by atoms with Crippen LogP contribution in [-0.2, 0) is 7.05 Å². The van der Waals surface area contributed by atoms with E-state index in [0.29, 0.717) is 22.4 Å². The lowest BCUT2D eigenvalue weighted by atomic mass is 10.00. The van der Waals surface area contributed by atoms with Gasteiger partial charge in [-0.05, 0) is 43.7 Å². The maximum absolute atomic E-state index is 13.2. The Bertz CT molecular complexity index is 1630. The van der Waals surface area contributed by atoms with Crippen molar-refractivity contribution in [3.05, 3.63) is 99.8 Å². The molecule has 0 aliphatic carbocycles. The molecule has 170 valence electrons. The molecular weight excluding hydrogens is 428 g/mol. The number of aromatic nitrogens is 1. The lowest BCUT2D eigenvalue weighted by Crippen LogP contribution is -2.12. The van der Waals surface area contributed by atoms with Crippen molar-refractivity contribution in [1.29, 1.82) is 0 Å². The van der Waals surface area contributed by atoms with Crippen molar-refractivity contribution in [1.82, 2.24) is 4.57 Å². The van der Waals surface area contributed by atoms with E-state index in [1.54, 1.807) is 30.3 Å². The molecule has 2 heterocycles. The zero-order chi connectivity index (χ0) is 24.0. The highest BCUT2D eigenvalue weighted by atomic mass is 16.4. The third-order valence-corrected chi connectivity index (χ3v) is 6.16. The van der Waals surface area contributed by atoms with E-state index >= 15 is 0 Å². The maximum Gasteiger partial charge on any atom is 0.337 e. The van der Waals surface area contributed by atoms with Crippen molar-refractivity contribution in [2.75, 3.05) is 5.32 Å². The normalized spacial score (nSPS) is 12.2. The number of aromatic carboxylic acids is 1. The second kappa shape index (κ2) is 8.23. The van der Waals surface area contributed by atoms with Gasteiger partial charge in [-0.1, -0.05) is 36.4 Å². The summed E-state index contributed by atoms with van der Waals surface area (Å²) >= 11 is 0. The Balaban J connectivity index is 1.68. The molecule has 5 aromatic rings. The number of benzene rings is 3. The number of hydrogen-bond donors (Lipinski definition) is 2. The largest absolute Gasteiger partial charge is 0.478 e. The van der Waals surface area contributed by atoms with Gasteiger partial charge >= 0.3 is 5.97 Å². The van der Waals surface area contributed by atoms with Crippen molar-refractivity contribution in [2.45, 2.75) is 19.9 Å². The number of carbonyl (C=O) groups is 1. The van der Waals surface area contributed by atoms with Crippen molar-refractivity contribution < 1.29 is 14.3 Å². The highest BCUT2D eigenvalue weighted by Gasteiger charge is 2.19. The molecule has 0 bridgehead atoms. The molecule has 0 saturated carbocycles. The molecule has 1 atom stereocenters. The highest BCUT2D eigenvalue weighted by Crippen LogP contribution is 2.34.